The molecule has 19 heavy (non-hydrogen) atoms. The Kier molecular flexibility index (Phi) is 3.17. The van der Waals surface area contributed by atoms with Crippen LogP contribution >= 0.6 is 23.2 Å². The molecule has 0 aromatic heterocycles. The van der Waals surface area contributed by atoms with Gasteiger partial charge in [0, 0.05) is 21.7 Å². The van der Waals surface area contributed by atoms with E-state index in [-0.39, 0.29) is 5.02 Å². The Bertz CT molecular complexity index is 685. The number of hydrogen-bond donors (Lipinski definition) is 0. The van der Waals surface area contributed by atoms with E-state index >= 15 is 0 Å². The molecule has 1 aliphatic heterocycles. The van der Waals surface area contributed by atoms with E-state index in [0.29, 0.717) is 22.9 Å². The minimum absolute atomic E-state index is 0.0503. The lowest BCUT2D eigenvalue weighted by Crippen LogP contribution is -2.13. The molecule has 0 saturated carbocycles. The van der Waals surface area contributed by atoms with Gasteiger partial charge in [0.15, 0.2) is 0 Å². The predicted molar refractivity (Wildman–Crippen MR) is 73.3 cm³/mol. The third kappa shape index (κ3) is 2.20. The van der Waals surface area contributed by atoms with Gasteiger partial charge in [-0.25, -0.2) is 4.39 Å². The molecule has 5 heteroatoms. The standard InChI is InChI=1S/C14H8Cl2FNO/c15-11-3-1-2-9-10(11)7-19-18-14(9)8-4-5-13(17)12(16)6-8/h1-6H,7H2. The molecular weight excluding hydrogens is 288 g/mol. The molecule has 0 radical (unpaired) electrons. The molecule has 3 rings (SSSR count). The van der Waals surface area contributed by atoms with Crippen LogP contribution in [0.25, 0.3) is 0 Å². The fraction of sp³-hybridized carbons (Fsp3) is 0.0714. The smallest absolute Gasteiger partial charge is 0.144 e. The van der Waals surface area contributed by atoms with Crippen LogP contribution in [0.5, 0.6) is 0 Å². The molecule has 0 fully saturated rings. The summed E-state index contributed by atoms with van der Waals surface area (Å²) < 4.78 is 13.2. The minimum Gasteiger partial charge on any atom is -0.390 e. The highest BCUT2D eigenvalue weighted by molar-refractivity contribution is 6.33. The van der Waals surface area contributed by atoms with Crippen molar-refractivity contribution in [2.45, 2.75) is 6.61 Å². The van der Waals surface area contributed by atoms with E-state index in [1.165, 1.54) is 12.1 Å². The van der Waals surface area contributed by atoms with E-state index in [4.69, 9.17) is 28.0 Å². The highest BCUT2D eigenvalue weighted by atomic mass is 35.5. The van der Waals surface area contributed by atoms with E-state index in [0.717, 1.165) is 11.1 Å². The maximum Gasteiger partial charge on any atom is 0.144 e. The molecule has 0 amide bonds. The van der Waals surface area contributed by atoms with Crippen LogP contribution in [0.15, 0.2) is 41.6 Å². The Hall–Kier alpha value is -1.58. The summed E-state index contributed by atoms with van der Waals surface area (Å²) in [4.78, 5) is 5.18. The lowest BCUT2D eigenvalue weighted by molar-refractivity contribution is 0.126. The Morgan fingerprint density at radius 2 is 1.95 bits per heavy atom. The summed E-state index contributed by atoms with van der Waals surface area (Å²) in [6, 6.07) is 9.98. The van der Waals surface area contributed by atoms with Crippen LogP contribution in [-0.4, -0.2) is 5.71 Å². The van der Waals surface area contributed by atoms with Crippen molar-refractivity contribution in [2.24, 2.45) is 5.16 Å². The van der Waals surface area contributed by atoms with Gasteiger partial charge < -0.3 is 4.84 Å². The molecule has 96 valence electrons. The van der Waals surface area contributed by atoms with Gasteiger partial charge in [-0.15, -0.1) is 0 Å². The Morgan fingerprint density at radius 3 is 2.74 bits per heavy atom. The van der Waals surface area contributed by atoms with Gasteiger partial charge in [-0.3, -0.25) is 0 Å². The summed E-state index contributed by atoms with van der Waals surface area (Å²) in [6.07, 6.45) is 0. The number of hydrogen-bond acceptors (Lipinski definition) is 2. The lowest BCUT2D eigenvalue weighted by Gasteiger charge is -2.17. The van der Waals surface area contributed by atoms with E-state index in [2.05, 4.69) is 5.16 Å². The van der Waals surface area contributed by atoms with Crippen molar-refractivity contribution in [2.75, 3.05) is 0 Å². The number of rotatable bonds is 1. The van der Waals surface area contributed by atoms with Crippen molar-refractivity contribution in [1.82, 2.24) is 0 Å². The van der Waals surface area contributed by atoms with E-state index in [9.17, 15) is 4.39 Å². The molecular formula is C14H8Cl2FNO. The van der Waals surface area contributed by atoms with Gasteiger partial charge in [0.1, 0.15) is 18.1 Å². The fourth-order valence-corrected chi connectivity index (χ4v) is 2.40. The first-order chi connectivity index (χ1) is 9.16. The van der Waals surface area contributed by atoms with Crippen molar-refractivity contribution in [3.05, 3.63) is 69.0 Å². The minimum atomic E-state index is -0.464. The van der Waals surface area contributed by atoms with Crippen molar-refractivity contribution in [3.8, 4) is 0 Å². The summed E-state index contributed by atoms with van der Waals surface area (Å²) in [7, 11) is 0. The first-order valence-electron chi connectivity index (χ1n) is 5.60. The van der Waals surface area contributed by atoms with Crippen LogP contribution < -0.4 is 0 Å². The zero-order valence-electron chi connectivity index (χ0n) is 9.66. The fourth-order valence-electron chi connectivity index (χ4n) is 1.99. The topological polar surface area (TPSA) is 21.6 Å². The average Bonchev–Trinajstić information content (AvgIpc) is 2.42. The van der Waals surface area contributed by atoms with Gasteiger partial charge in [0.05, 0.1) is 5.02 Å². The molecule has 0 aliphatic carbocycles. The van der Waals surface area contributed by atoms with Gasteiger partial charge in [0.25, 0.3) is 0 Å². The van der Waals surface area contributed by atoms with E-state index in [1.54, 1.807) is 12.1 Å². The molecule has 0 unspecified atom stereocenters. The van der Waals surface area contributed by atoms with Crippen molar-refractivity contribution < 1.29 is 9.23 Å². The van der Waals surface area contributed by atoms with E-state index < -0.39 is 5.82 Å². The SMILES string of the molecule is Fc1ccc(C2=NOCc3c(Cl)cccc32)cc1Cl. The largest absolute Gasteiger partial charge is 0.390 e. The third-order valence-corrected chi connectivity index (χ3v) is 3.58. The molecule has 2 aromatic carbocycles. The van der Waals surface area contributed by atoms with Gasteiger partial charge in [-0.2, -0.15) is 0 Å². The monoisotopic (exact) mass is 295 g/mol. The maximum atomic E-state index is 13.2. The van der Waals surface area contributed by atoms with Crippen LogP contribution in [0.4, 0.5) is 4.39 Å². The second-order valence-electron chi connectivity index (χ2n) is 4.11. The zero-order chi connectivity index (χ0) is 13.4. The molecule has 2 aromatic rings. The Morgan fingerprint density at radius 1 is 1.11 bits per heavy atom. The number of nitrogens with zero attached hydrogens (tertiary/aromatic N) is 1. The summed E-state index contributed by atoms with van der Waals surface area (Å²) in [5, 5.41) is 4.70. The number of fused-ring (bicyclic) bond motifs is 1. The number of halogens is 3. The molecule has 1 aliphatic rings. The molecule has 0 N–H and O–H groups in total. The summed E-state index contributed by atoms with van der Waals surface area (Å²) in [6.45, 7) is 0.327. The van der Waals surface area contributed by atoms with Gasteiger partial charge in [-0.1, -0.05) is 40.5 Å². The van der Waals surface area contributed by atoms with Crippen LogP contribution in [0.2, 0.25) is 10.0 Å². The average molecular weight is 296 g/mol. The zero-order valence-corrected chi connectivity index (χ0v) is 11.2. The van der Waals surface area contributed by atoms with Crippen molar-refractivity contribution >= 4 is 28.9 Å². The predicted octanol–water partition coefficient (Wildman–Crippen LogP) is 4.42. The molecule has 0 spiro atoms. The summed E-state index contributed by atoms with van der Waals surface area (Å²) >= 11 is 11.9. The first kappa shape index (κ1) is 12.5. The molecule has 0 bridgehead atoms. The Balaban J connectivity index is 2.14. The maximum absolute atomic E-state index is 13.2. The van der Waals surface area contributed by atoms with Crippen LogP contribution in [-0.2, 0) is 11.4 Å². The second kappa shape index (κ2) is 4.83. The lowest BCUT2D eigenvalue weighted by atomic mass is 9.97. The summed E-state index contributed by atoms with van der Waals surface area (Å²) in [5.74, 6) is -0.464. The van der Waals surface area contributed by atoms with Crippen LogP contribution in [0.3, 0.4) is 0 Å². The molecule has 1 heterocycles. The third-order valence-electron chi connectivity index (χ3n) is 2.93. The number of benzene rings is 2. The highest BCUT2D eigenvalue weighted by Crippen LogP contribution is 2.28. The van der Waals surface area contributed by atoms with Crippen molar-refractivity contribution in [3.63, 3.8) is 0 Å². The summed E-state index contributed by atoms with van der Waals surface area (Å²) in [5.41, 5.74) is 3.04. The van der Waals surface area contributed by atoms with Gasteiger partial charge in [0.2, 0.25) is 0 Å². The molecule has 0 saturated heterocycles. The Labute approximate surface area is 119 Å². The molecule has 0 atom stereocenters. The van der Waals surface area contributed by atoms with Crippen LogP contribution in [0.1, 0.15) is 16.7 Å². The first-order valence-corrected chi connectivity index (χ1v) is 6.35. The highest BCUT2D eigenvalue weighted by Gasteiger charge is 2.20. The quantitative estimate of drug-likeness (QED) is 0.763. The molecule has 2 nitrogen and oxygen atoms in total. The van der Waals surface area contributed by atoms with Crippen LogP contribution in [0, 0.1) is 5.82 Å². The normalized spacial score (nSPS) is 13.5. The van der Waals surface area contributed by atoms with E-state index in [1.807, 2.05) is 12.1 Å². The second-order valence-corrected chi connectivity index (χ2v) is 4.92. The van der Waals surface area contributed by atoms with Crippen molar-refractivity contribution in [1.29, 1.82) is 0 Å². The van der Waals surface area contributed by atoms with Gasteiger partial charge >= 0.3 is 0 Å². The van der Waals surface area contributed by atoms with Gasteiger partial charge in [-0.05, 0) is 24.3 Å². The number of oxime groups is 1.